The van der Waals surface area contributed by atoms with Gasteiger partial charge in [0, 0.05) is 25.6 Å². The first kappa shape index (κ1) is 28.7. The molecular formula is C33H39FN4O3. The molecule has 7 nitrogen and oxygen atoms in total. The van der Waals surface area contributed by atoms with E-state index in [0.29, 0.717) is 24.3 Å². The minimum absolute atomic E-state index is 0.0875. The van der Waals surface area contributed by atoms with Crippen molar-refractivity contribution in [1.29, 1.82) is 0 Å². The molecule has 1 saturated carbocycles. The van der Waals surface area contributed by atoms with Crippen molar-refractivity contribution >= 4 is 28.5 Å². The summed E-state index contributed by atoms with van der Waals surface area (Å²) in [5.74, 6) is -0.861. The van der Waals surface area contributed by atoms with Crippen LogP contribution < -0.4 is 11.1 Å². The number of carbonyl (C=O) groups is 3. The molecule has 1 heterocycles. The normalized spacial score (nSPS) is 19.8. The molecule has 2 unspecified atom stereocenters. The van der Waals surface area contributed by atoms with Crippen LogP contribution in [0.5, 0.6) is 0 Å². The summed E-state index contributed by atoms with van der Waals surface area (Å²) in [6.07, 6.45) is 2.93. The lowest BCUT2D eigenvalue weighted by molar-refractivity contribution is -0.158. The summed E-state index contributed by atoms with van der Waals surface area (Å²) < 4.78 is 13.6. The van der Waals surface area contributed by atoms with E-state index in [4.69, 9.17) is 5.73 Å². The van der Waals surface area contributed by atoms with E-state index in [1.807, 2.05) is 50.2 Å². The first-order chi connectivity index (χ1) is 19.5. The van der Waals surface area contributed by atoms with Crippen LogP contribution in [0.15, 0.2) is 66.7 Å². The van der Waals surface area contributed by atoms with E-state index in [1.54, 1.807) is 16.7 Å². The Labute approximate surface area is 240 Å². The Balaban J connectivity index is 1.43. The van der Waals surface area contributed by atoms with Crippen LogP contribution in [0, 0.1) is 11.7 Å². The Morgan fingerprint density at radius 1 is 1.02 bits per heavy atom. The Hall–Kier alpha value is -3.78. The lowest BCUT2D eigenvalue weighted by atomic mass is 9.89. The Morgan fingerprint density at radius 3 is 2.37 bits per heavy atom. The van der Waals surface area contributed by atoms with Gasteiger partial charge in [-0.2, -0.15) is 0 Å². The number of fused-ring (bicyclic) bond motifs is 1. The molecule has 2 fully saturated rings. The topological polar surface area (TPSA) is 95.7 Å². The second-order valence-corrected chi connectivity index (χ2v) is 12.0. The highest BCUT2D eigenvalue weighted by Gasteiger charge is 2.47. The van der Waals surface area contributed by atoms with Gasteiger partial charge in [0.1, 0.15) is 23.4 Å². The number of nitrogens with one attached hydrogen (secondary N) is 1. The smallest absolute Gasteiger partial charge is 0.247 e. The van der Waals surface area contributed by atoms with Crippen molar-refractivity contribution in [2.24, 2.45) is 11.7 Å². The monoisotopic (exact) mass is 558 g/mol. The molecule has 3 aromatic carbocycles. The minimum Gasteiger partial charge on any atom is -0.352 e. The third-order valence-electron chi connectivity index (χ3n) is 8.28. The van der Waals surface area contributed by atoms with Gasteiger partial charge in [-0.15, -0.1) is 0 Å². The van der Waals surface area contributed by atoms with Crippen molar-refractivity contribution in [3.05, 3.63) is 83.7 Å². The zero-order valence-electron chi connectivity index (χ0n) is 24.0. The molecule has 216 valence electrons. The highest BCUT2D eigenvalue weighted by Crippen LogP contribution is 2.37. The molecule has 5 rings (SSSR count). The lowest BCUT2D eigenvalue weighted by Crippen LogP contribution is -2.66. The SMILES string of the molecule is CC(C)NC(=O)C(Cc1ccc2ccccc2c1)N1CCN(C(=O)C(C)(N)c2ccc(F)cc2)[C@@H](CC2CC2)C1=O. The van der Waals surface area contributed by atoms with Gasteiger partial charge in [-0.25, -0.2) is 4.39 Å². The van der Waals surface area contributed by atoms with Gasteiger partial charge in [-0.05, 0) is 67.1 Å². The fourth-order valence-electron chi connectivity index (χ4n) is 5.79. The van der Waals surface area contributed by atoms with E-state index < -0.39 is 23.4 Å². The van der Waals surface area contributed by atoms with Gasteiger partial charge >= 0.3 is 0 Å². The number of hydrogen-bond acceptors (Lipinski definition) is 4. The number of amides is 3. The average molecular weight is 559 g/mol. The molecule has 1 saturated heterocycles. The van der Waals surface area contributed by atoms with Crippen LogP contribution in [0.3, 0.4) is 0 Å². The lowest BCUT2D eigenvalue weighted by Gasteiger charge is -2.45. The number of rotatable bonds is 9. The summed E-state index contributed by atoms with van der Waals surface area (Å²) in [7, 11) is 0. The van der Waals surface area contributed by atoms with Gasteiger partial charge in [0.15, 0.2) is 0 Å². The summed E-state index contributed by atoms with van der Waals surface area (Å²) in [6, 6.07) is 18.2. The second-order valence-electron chi connectivity index (χ2n) is 12.0. The number of benzene rings is 3. The van der Waals surface area contributed by atoms with E-state index in [2.05, 4.69) is 11.4 Å². The Bertz CT molecular complexity index is 1430. The molecule has 1 aliphatic heterocycles. The van der Waals surface area contributed by atoms with Gasteiger partial charge in [-0.1, -0.05) is 67.4 Å². The van der Waals surface area contributed by atoms with Crippen LogP contribution in [0.25, 0.3) is 10.8 Å². The van der Waals surface area contributed by atoms with Gasteiger partial charge in [0.05, 0.1) is 0 Å². The molecule has 41 heavy (non-hydrogen) atoms. The molecule has 2 aliphatic rings. The second kappa shape index (κ2) is 11.6. The van der Waals surface area contributed by atoms with Gasteiger partial charge < -0.3 is 20.9 Å². The van der Waals surface area contributed by atoms with E-state index in [9.17, 15) is 18.8 Å². The van der Waals surface area contributed by atoms with Crippen LogP contribution in [0.2, 0.25) is 0 Å². The van der Waals surface area contributed by atoms with Crippen molar-refractivity contribution in [3.63, 3.8) is 0 Å². The van der Waals surface area contributed by atoms with Gasteiger partial charge in [0.2, 0.25) is 17.7 Å². The highest BCUT2D eigenvalue weighted by molar-refractivity contribution is 5.96. The molecule has 3 amide bonds. The molecule has 0 spiro atoms. The van der Waals surface area contributed by atoms with Gasteiger partial charge in [0.25, 0.3) is 0 Å². The van der Waals surface area contributed by atoms with Crippen molar-refractivity contribution in [2.45, 2.75) is 70.1 Å². The summed E-state index contributed by atoms with van der Waals surface area (Å²) in [6.45, 7) is 5.88. The summed E-state index contributed by atoms with van der Waals surface area (Å²) in [5.41, 5.74) is 6.57. The van der Waals surface area contributed by atoms with E-state index in [1.165, 1.54) is 24.3 Å². The zero-order valence-corrected chi connectivity index (χ0v) is 24.0. The molecule has 8 heteroatoms. The fourth-order valence-corrected chi connectivity index (χ4v) is 5.79. The maximum atomic E-state index is 14.2. The van der Waals surface area contributed by atoms with Crippen LogP contribution in [-0.2, 0) is 26.3 Å². The van der Waals surface area contributed by atoms with Crippen LogP contribution in [-0.4, -0.2) is 58.7 Å². The predicted molar refractivity (Wildman–Crippen MR) is 157 cm³/mol. The number of halogens is 1. The first-order valence-electron chi connectivity index (χ1n) is 14.5. The third kappa shape index (κ3) is 6.27. The fraction of sp³-hybridized carbons (Fsp3) is 0.424. The highest BCUT2D eigenvalue weighted by atomic mass is 19.1. The Kier molecular flexibility index (Phi) is 8.13. The predicted octanol–water partition coefficient (Wildman–Crippen LogP) is 4.13. The van der Waals surface area contributed by atoms with Crippen LogP contribution >= 0.6 is 0 Å². The summed E-state index contributed by atoms with van der Waals surface area (Å²) >= 11 is 0. The van der Waals surface area contributed by atoms with E-state index >= 15 is 0 Å². The maximum absolute atomic E-state index is 14.2. The molecule has 0 radical (unpaired) electrons. The number of piperazine rings is 1. The molecule has 3 atom stereocenters. The van der Waals surface area contributed by atoms with Crippen molar-refractivity contribution in [3.8, 4) is 0 Å². The minimum atomic E-state index is -1.43. The largest absolute Gasteiger partial charge is 0.352 e. The van der Waals surface area contributed by atoms with E-state index in [0.717, 1.165) is 29.2 Å². The Morgan fingerprint density at radius 2 is 1.71 bits per heavy atom. The molecule has 3 aromatic rings. The van der Waals surface area contributed by atoms with Crippen LogP contribution in [0.4, 0.5) is 4.39 Å². The average Bonchev–Trinajstić information content (AvgIpc) is 3.76. The molecule has 1 aliphatic carbocycles. The van der Waals surface area contributed by atoms with Crippen LogP contribution in [0.1, 0.15) is 51.2 Å². The third-order valence-corrected chi connectivity index (χ3v) is 8.28. The number of nitrogens with two attached hydrogens (primary N) is 1. The first-order valence-corrected chi connectivity index (χ1v) is 14.5. The number of nitrogens with zero attached hydrogens (tertiary/aromatic N) is 2. The molecular weight excluding hydrogens is 519 g/mol. The zero-order chi connectivity index (χ0) is 29.3. The number of carbonyl (C=O) groups excluding carboxylic acids is 3. The summed E-state index contributed by atoms with van der Waals surface area (Å²) in [4.78, 5) is 44.9. The van der Waals surface area contributed by atoms with Gasteiger partial charge in [-0.3, -0.25) is 14.4 Å². The standard InChI is InChI=1S/C33H39FN4O3/c1-21(2)36-30(39)28(20-23-10-11-24-6-4-5-7-25(24)18-23)37-16-17-38(29(31(37)40)19-22-8-9-22)32(41)33(3,35)26-12-14-27(34)15-13-26/h4-7,10-15,18,21-22,28-29H,8-9,16-17,19-20,35H2,1-3H3,(H,36,39)/t28?,29-,33?/m0/s1. The number of hydrogen-bond donors (Lipinski definition) is 2. The molecule has 3 N–H and O–H groups in total. The van der Waals surface area contributed by atoms with Crippen molar-refractivity contribution in [2.75, 3.05) is 13.1 Å². The molecule has 0 aromatic heterocycles. The van der Waals surface area contributed by atoms with Crippen molar-refractivity contribution in [1.82, 2.24) is 15.1 Å². The van der Waals surface area contributed by atoms with E-state index in [-0.39, 0.29) is 36.9 Å². The quantitative estimate of drug-likeness (QED) is 0.413. The summed E-state index contributed by atoms with van der Waals surface area (Å²) in [5, 5.41) is 5.19. The molecule has 0 bridgehead atoms. The maximum Gasteiger partial charge on any atom is 0.247 e. The van der Waals surface area contributed by atoms with Crippen molar-refractivity contribution < 1.29 is 18.8 Å².